The molecule has 0 saturated carbocycles. The molecule has 7 heteroatoms. The van der Waals surface area contributed by atoms with Gasteiger partial charge in [0.05, 0.1) is 12.2 Å². The summed E-state index contributed by atoms with van der Waals surface area (Å²) in [6, 6.07) is 6.27. The number of hydrogen-bond acceptors (Lipinski definition) is 5. The molecule has 1 aliphatic heterocycles. The number of amides is 1. The van der Waals surface area contributed by atoms with Gasteiger partial charge in [-0.2, -0.15) is 5.10 Å². The zero-order valence-electron chi connectivity index (χ0n) is 15.1. The van der Waals surface area contributed by atoms with Gasteiger partial charge in [0.2, 0.25) is 0 Å². The van der Waals surface area contributed by atoms with E-state index in [2.05, 4.69) is 41.5 Å². The third-order valence-electron chi connectivity index (χ3n) is 4.40. The van der Waals surface area contributed by atoms with Crippen molar-refractivity contribution in [3.8, 4) is 5.75 Å². The van der Waals surface area contributed by atoms with Gasteiger partial charge in [-0.15, -0.1) is 0 Å². The monoisotopic (exact) mass is 343 g/mol. The minimum atomic E-state index is -0.421. The SMILES string of the molecule is CC[C@@H]1Oc2cc([C@H](C)NCc3ncnn3C(C)C)ccc2NC1=O. The molecule has 134 valence electrons. The van der Waals surface area contributed by atoms with Crippen molar-refractivity contribution in [2.45, 2.75) is 58.8 Å². The average molecular weight is 343 g/mol. The molecule has 1 amide bonds. The van der Waals surface area contributed by atoms with Gasteiger partial charge in [-0.3, -0.25) is 4.79 Å². The largest absolute Gasteiger partial charge is 0.478 e. The van der Waals surface area contributed by atoms with Gasteiger partial charge >= 0.3 is 0 Å². The summed E-state index contributed by atoms with van der Waals surface area (Å²) in [5.74, 6) is 1.55. The summed E-state index contributed by atoms with van der Waals surface area (Å²) in [4.78, 5) is 16.2. The van der Waals surface area contributed by atoms with Crippen LogP contribution >= 0.6 is 0 Å². The molecule has 2 atom stereocenters. The van der Waals surface area contributed by atoms with Crippen molar-refractivity contribution in [2.24, 2.45) is 0 Å². The molecule has 3 rings (SSSR count). The quantitative estimate of drug-likeness (QED) is 0.843. The number of hydrogen-bond donors (Lipinski definition) is 2. The van der Waals surface area contributed by atoms with Crippen LogP contribution in [0.5, 0.6) is 5.75 Å². The number of fused-ring (bicyclic) bond motifs is 1. The van der Waals surface area contributed by atoms with Crippen molar-refractivity contribution in [3.63, 3.8) is 0 Å². The van der Waals surface area contributed by atoms with Gasteiger partial charge in [-0.1, -0.05) is 13.0 Å². The Kier molecular flexibility index (Phi) is 5.03. The maximum absolute atomic E-state index is 11.9. The molecule has 0 radical (unpaired) electrons. The molecule has 0 bridgehead atoms. The van der Waals surface area contributed by atoms with Crippen molar-refractivity contribution < 1.29 is 9.53 Å². The highest BCUT2D eigenvalue weighted by Crippen LogP contribution is 2.33. The minimum Gasteiger partial charge on any atom is -0.478 e. The Morgan fingerprint density at radius 3 is 2.88 bits per heavy atom. The van der Waals surface area contributed by atoms with Gasteiger partial charge < -0.3 is 15.4 Å². The molecule has 0 aliphatic carbocycles. The summed E-state index contributed by atoms with van der Waals surface area (Å²) >= 11 is 0. The topological polar surface area (TPSA) is 81.1 Å². The second-order valence-electron chi connectivity index (χ2n) is 6.58. The molecule has 2 heterocycles. The van der Waals surface area contributed by atoms with Crippen LogP contribution in [0.2, 0.25) is 0 Å². The number of ether oxygens (including phenoxy) is 1. The van der Waals surface area contributed by atoms with Gasteiger partial charge in [0.25, 0.3) is 5.91 Å². The van der Waals surface area contributed by atoms with E-state index in [1.165, 1.54) is 0 Å². The summed E-state index contributed by atoms with van der Waals surface area (Å²) in [6.45, 7) is 8.83. The molecule has 25 heavy (non-hydrogen) atoms. The molecular weight excluding hydrogens is 318 g/mol. The van der Waals surface area contributed by atoms with Crippen LogP contribution in [0, 0.1) is 0 Å². The molecule has 0 spiro atoms. The summed E-state index contributed by atoms with van der Waals surface area (Å²) in [5, 5.41) is 10.6. The van der Waals surface area contributed by atoms with Crippen molar-refractivity contribution >= 4 is 11.6 Å². The highest BCUT2D eigenvalue weighted by molar-refractivity contribution is 5.97. The van der Waals surface area contributed by atoms with Gasteiger partial charge in [0.1, 0.15) is 17.9 Å². The van der Waals surface area contributed by atoms with Crippen LogP contribution in [0.15, 0.2) is 24.5 Å². The Bertz CT molecular complexity index is 756. The fraction of sp³-hybridized carbons (Fsp3) is 0.500. The van der Waals surface area contributed by atoms with Gasteiger partial charge in [-0.05, 0) is 44.9 Å². The van der Waals surface area contributed by atoms with Crippen LogP contribution in [0.1, 0.15) is 57.6 Å². The van der Waals surface area contributed by atoms with E-state index in [1.54, 1.807) is 6.33 Å². The molecule has 1 aromatic carbocycles. The lowest BCUT2D eigenvalue weighted by atomic mass is 10.1. The van der Waals surface area contributed by atoms with Crippen LogP contribution < -0.4 is 15.4 Å². The Morgan fingerprint density at radius 2 is 2.16 bits per heavy atom. The Labute approximate surface area is 147 Å². The molecule has 0 fully saturated rings. The number of aromatic nitrogens is 3. The maximum Gasteiger partial charge on any atom is 0.265 e. The van der Waals surface area contributed by atoms with Crippen molar-refractivity contribution in [2.75, 3.05) is 5.32 Å². The third kappa shape index (κ3) is 3.66. The first kappa shape index (κ1) is 17.4. The Balaban J connectivity index is 1.70. The molecule has 1 aliphatic rings. The summed E-state index contributed by atoms with van der Waals surface area (Å²) in [6.07, 6.45) is 1.81. The van der Waals surface area contributed by atoms with Crippen LogP contribution in [0.4, 0.5) is 5.69 Å². The lowest BCUT2D eigenvalue weighted by Crippen LogP contribution is -2.36. The van der Waals surface area contributed by atoms with Gasteiger partial charge in [-0.25, -0.2) is 9.67 Å². The van der Waals surface area contributed by atoms with Gasteiger partial charge in [0, 0.05) is 12.1 Å². The zero-order valence-corrected chi connectivity index (χ0v) is 15.1. The number of carbonyl (C=O) groups is 1. The fourth-order valence-corrected chi connectivity index (χ4v) is 2.89. The van der Waals surface area contributed by atoms with Crippen molar-refractivity contribution in [1.82, 2.24) is 20.1 Å². The number of benzene rings is 1. The lowest BCUT2D eigenvalue weighted by Gasteiger charge is -2.26. The highest BCUT2D eigenvalue weighted by atomic mass is 16.5. The van der Waals surface area contributed by atoms with Crippen LogP contribution in [0.25, 0.3) is 0 Å². The van der Waals surface area contributed by atoms with E-state index in [0.717, 1.165) is 22.8 Å². The molecule has 2 aromatic rings. The second-order valence-corrected chi connectivity index (χ2v) is 6.58. The number of rotatable bonds is 6. The van der Waals surface area contributed by atoms with E-state index in [4.69, 9.17) is 4.74 Å². The Morgan fingerprint density at radius 1 is 1.36 bits per heavy atom. The van der Waals surface area contributed by atoms with Crippen molar-refractivity contribution in [1.29, 1.82) is 0 Å². The number of anilines is 1. The first-order chi connectivity index (χ1) is 12.0. The van der Waals surface area contributed by atoms with E-state index < -0.39 is 6.10 Å². The fourth-order valence-electron chi connectivity index (χ4n) is 2.89. The molecule has 1 aromatic heterocycles. The lowest BCUT2D eigenvalue weighted by molar-refractivity contribution is -0.123. The van der Waals surface area contributed by atoms with Crippen LogP contribution in [-0.4, -0.2) is 26.8 Å². The van der Waals surface area contributed by atoms with Gasteiger partial charge in [0.15, 0.2) is 6.10 Å². The smallest absolute Gasteiger partial charge is 0.265 e. The normalized spacial score (nSPS) is 17.8. The number of carbonyl (C=O) groups excluding carboxylic acids is 1. The standard InChI is InChI=1S/C18H25N5O2/c1-5-15-18(24)22-14-7-6-13(8-16(14)25-15)12(4)19-9-17-20-10-21-23(17)11(2)3/h6-8,10-12,15,19H,5,9H2,1-4H3,(H,22,24)/t12-,15-/m0/s1. The first-order valence-electron chi connectivity index (χ1n) is 8.72. The predicted molar refractivity (Wildman–Crippen MR) is 95.4 cm³/mol. The molecule has 7 nitrogen and oxygen atoms in total. The highest BCUT2D eigenvalue weighted by Gasteiger charge is 2.26. The molecule has 2 N–H and O–H groups in total. The Hall–Kier alpha value is -2.41. The third-order valence-corrected chi connectivity index (χ3v) is 4.40. The van der Waals surface area contributed by atoms with Crippen molar-refractivity contribution in [3.05, 3.63) is 35.9 Å². The predicted octanol–water partition coefficient (Wildman–Crippen LogP) is 2.82. The molecular formula is C18H25N5O2. The van der Waals surface area contributed by atoms with Crippen LogP contribution in [-0.2, 0) is 11.3 Å². The second kappa shape index (κ2) is 7.23. The molecule has 0 saturated heterocycles. The minimum absolute atomic E-state index is 0.0815. The number of nitrogens with zero attached hydrogens (tertiary/aromatic N) is 3. The number of nitrogens with one attached hydrogen (secondary N) is 2. The first-order valence-corrected chi connectivity index (χ1v) is 8.72. The van der Waals surface area contributed by atoms with E-state index in [9.17, 15) is 4.79 Å². The summed E-state index contributed by atoms with van der Waals surface area (Å²) < 4.78 is 7.73. The maximum atomic E-state index is 11.9. The zero-order chi connectivity index (χ0) is 18.0. The molecule has 0 unspecified atom stereocenters. The van der Waals surface area contributed by atoms with Crippen LogP contribution in [0.3, 0.4) is 0 Å². The summed E-state index contributed by atoms with van der Waals surface area (Å²) in [7, 11) is 0. The van der Waals surface area contributed by atoms with E-state index in [1.807, 2.05) is 29.8 Å². The van der Waals surface area contributed by atoms with E-state index in [-0.39, 0.29) is 18.0 Å². The average Bonchev–Trinajstić information content (AvgIpc) is 3.07. The summed E-state index contributed by atoms with van der Waals surface area (Å²) in [5.41, 5.74) is 1.82. The van der Waals surface area contributed by atoms with E-state index in [0.29, 0.717) is 13.0 Å². The van der Waals surface area contributed by atoms with E-state index >= 15 is 0 Å².